The Kier molecular flexibility index (Phi) is 6.05. The minimum Gasteiger partial charge on any atom is -0.309 e. The lowest BCUT2D eigenvalue weighted by Crippen LogP contribution is -2.24. The van der Waals surface area contributed by atoms with E-state index in [9.17, 15) is 0 Å². The van der Waals surface area contributed by atoms with Crippen LogP contribution >= 0.6 is 43.2 Å². The van der Waals surface area contributed by atoms with Gasteiger partial charge < -0.3 is 5.32 Å². The van der Waals surface area contributed by atoms with Gasteiger partial charge in [-0.3, -0.25) is 4.68 Å². The van der Waals surface area contributed by atoms with E-state index in [2.05, 4.69) is 62.2 Å². The fraction of sp³-hybridized carbons (Fsp3) is 0.533. The van der Waals surface area contributed by atoms with E-state index in [0.29, 0.717) is 6.04 Å². The Bertz CT molecular complexity index is 599. The largest absolute Gasteiger partial charge is 0.309 e. The maximum absolute atomic E-state index is 4.50. The SMILES string of the molecule is CCCNC(Cc1c(Br)c(C)nn1C)c1cc(C)c(Br)s1. The maximum Gasteiger partial charge on any atom is 0.0738 e. The van der Waals surface area contributed by atoms with Gasteiger partial charge in [0.05, 0.1) is 19.6 Å². The zero-order valence-corrected chi connectivity index (χ0v) is 16.8. The number of aryl methyl sites for hydroxylation is 3. The molecule has 0 radical (unpaired) electrons. The van der Waals surface area contributed by atoms with Crippen molar-refractivity contribution in [3.8, 4) is 0 Å². The summed E-state index contributed by atoms with van der Waals surface area (Å²) in [6, 6.07) is 2.60. The van der Waals surface area contributed by atoms with E-state index in [1.165, 1.54) is 19.9 Å². The van der Waals surface area contributed by atoms with Gasteiger partial charge in [0.2, 0.25) is 0 Å². The Morgan fingerprint density at radius 3 is 2.57 bits per heavy atom. The van der Waals surface area contributed by atoms with Crippen molar-refractivity contribution in [2.24, 2.45) is 7.05 Å². The first kappa shape index (κ1) is 17.2. The van der Waals surface area contributed by atoms with Gasteiger partial charge in [-0.2, -0.15) is 5.10 Å². The Morgan fingerprint density at radius 2 is 2.10 bits per heavy atom. The molecule has 3 nitrogen and oxygen atoms in total. The third kappa shape index (κ3) is 3.97. The van der Waals surface area contributed by atoms with E-state index >= 15 is 0 Å². The van der Waals surface area contributed by atoms with E-state index < -0.39 is 0 Å². The van der Waals surface area contributed by atoms with E-state index in [1.807, 2.05) is 30.0 Å². The van der Waals surface area contributed by atoms with Crippen LogP contribution in [-0.4, -0.2) is 16.3 Å². The van der Waals surface area contributed by atoms with Crippen molar-refractivity contribution in [3.63, 3.8) is 0 Å². The predicted molar refractivity (Wildman–Crippen MR) is 97.1 cm³/mol. The highest BCUT2D eigenvalue weighted by Crippen LogP contribution is 2.34. The monoisotopic (exact) mass is 433 g/mol. The molecule has 0 saturated carbocycles. The predicted octanol–water partition coefficient (Wildman–Crippen LogP) is 4.91. The Hall–Kier alpha value is -0.170. The molecule has 2 aromatic heterocycles. The summed E-state index contributed by atoms with van der Waals surface area (Å²) >= 11 is 9.13. The second kappa shape index (κ2) is 7.40. The zero-order chi connectivity index (χ0) is 15.6. The number of rotatable bonds is 6. The van der Waals surface area contributed by atoms with E-state index in [4.69, 9.17) is 0 Å². The van der Waals surface area contributed by atoms with Crippen LogP contribution < -0.4 is 5.32 Å². The summed E-state index contributed by atoms with van der Waals surface area (Å²) in [7, 11) is 2.01. The van der Waals surface area contributed by atoms with Crippen molar-refractivity contribution < 1.29 is 0 Å². The van der Waals surface area contributed by atoms with Crippen molar-refractivity contribution >= 4 is 43.2 Å². The third-order valence-electron chi connectivity index (χ3n) is 3.52. The molecular weight excluding hydrogens is 414 g/mol. The highest BCUT2D eigenvalue weighted by atomic mass is 79.9. The first-order valence-electron chi connectivity index (χ1n) is 7.11. The van der Waals surface area contributed by atoms with Gasteiger partial charge in [0.15, 0.2) is 0 Å². The van der Waals surface area contributed by atoms with Gasteiger partial charge in [-0.25, -0.2) is 0 Å². The lowest BCUT2D eigenvalue weighted by Gasteiger charge is -2.17. The molecule has 0 bridgehead atoms. The number of halogens is 2. The molecule has 0 amide bonds. The van der Waals surface area contributed by atoms with E-state index in [-0.39, 0.29) is 0 Å². The number of hydrogen-bond acceptors (Lipinski definition) is 3. The van der Waals surface area contributed by atoms with Crippen LogP contribution in [-0.2, 0) is 13.5 Å². The van der Waals surface area contributed by atoms with Crippen molar-refractivity contribution in [3.05, 3.63) is 36.2 Å². The number of hydrogen-bond donors (Lipinski definition) is 1. The van der Waals surface area contributed by atoms with Crippen molar-refractivity contribution in [2.45, 2.75) is 39.7 Å². The quantitative estimate of drug-likeness (QED) is 0.699. The summed E-state index contributed by atoms with van der Waals surface area (Å²) < 4.78 is 4.33. The molecule has 21 heavy (non-hydrogen) atoms. The van der Waals surface area contributed by atoms with Crippen molar-refractivity contribution in [1.82, 2.24) is 15.1 Å². The fourth-order valence-corrected chi connectivity index (χ4v) is 4.49. The molecule has 2 heterocycles. The second-order valence-electron chi connectivity index (χ2n) is 5.29. The normalized spacial score (nSPS) is 12.9. The standard InChI is InChI=1S/C15H21Br2N3S/c1-5-6-18-11(13-7-9(2)15(17)21-13)8-12-14(16)10(3)19-20(12)4/h7,11,18H,5-6,8H2,1-4H3. The lowest BCUT2D eigenvalue weighted by molar-refractivity contribution is 0.518. The van der Waals surface area contributed by atoms with Crippen LogP contribution in [0.4, 0.5) is 0 Å². The average molecular weight is 435 g/mol. The summed E-state index contributed by atoms with van der Waals surface area (Å²) in [6.45, 7) is 7.40. The molecule has 2 rings (SSSR count). The molecule has 0 aromatic carbocycles. The Balaban J connectivity index is 2.28. The molecule has 116 valence electrons. The summed E-state index contributed by atoms with van der Waals surface area (Å²) in [5, 5.41) is 8.16. The molecule has 1 N–H and O–H groups in total. The summed E-state index contributed by atoms with van der Waals surface area (Å²) in [6.07, 6.45) is 2.07. The molecule has 0 aliphatic heterocycles. The van der Waals surface area contributed by atoms with Crippen LogP contribution in [0.3, 0.4) is 0 Å². The molecule has 0 aliphatic carbocycles. The van der Waals surface area contributed by atoms with Crippen LogP contribution in [0, 0.1) is 13.8 Å². The number of nitrogens with one attached hydrogen (secondary N) is 1. The molecule has 0 spiro atoms. The first-order valence-corrected chi connectivity index (χ1v) is 9.51. The minimum atomic E-state index is 0.325. The van der Waals surface area contributed by atoms with Gasteiger partial charge in [0, 0.05) is 24.4 Å². The van der Waals surface area contributed by atoms with Crippen LogP contribution in [0.15, 0.2) is 14.3 Å². The lowest BCUT2D eigenvalue weighted by atomic mass is 10.1. The molecule has 1 unspecified atom stereocenters. The molecule has 6 heteroatoms. The summed E-state index contributed by atoms with van der Waals surface area (Å²) in [5.41, 5.74) is 3.59. The first-order chi connectivity index (χ1) is 9.93. The Morgan fingerprint density at radius 1 is 1.38 bits per heavy atom. The number of nitrogens with zero attached hydrogens (tertiary/aromatic N) is 2. The average Bonchev–Trinajstić information content (AvgIpc) is 2.88. The maximum atomic E-state index is 4.50. The van der Waals surface area contributed by atoms with Gasteiger partial charge in [-0.1, -0.05) is 6.92 Å². The third-order valence-corrected chi connectivity index (χ3v) is 6.80. The summed E-state index contributed by atoms with van der Waals surface area (Å²) in [5.74, 6) is 0. The number of thiophene rings is 1. The van der Waals surface area contributed by atoms with Crippen LogP contribution in [0.25, 0.3) is 0 Å². The van der Waals surface area contributed by atoms with Crippen molar-refractivity contribution in [2.75, 3.05) is 6.54 Å². The van der Waals surface area contributed by atoms with Crippen LogP contribution in [0.5, 0.6) is 0 Å². The van der Waals surface area contributed by atoms with Crippen LogP contribution in [0.2, 0.25) is 0 Å². The highest BCUT2D eigenvalue weighted by Gasteiger charge is 2.20. The molecule has 0 fully saturated rings. The van der Waals surface area contributed by atoms with Crippen molar-refractivity contribution in [1.29, 1.82) is 0 Å². The molecular formula is C15H21Br2N3S. The van der Waals surface area contributed by atoms with E-state index in [1.54, 1.807) is 0 Å². The molecule has 1 atom stereocenters. The van der Waals surface area contributed by atoms with Gasteiger partial charge in [-0.15, -0.1) is 11.3 Å². The molecule has 0 aliphatic rings. The smallest absolute Gasteiger partial charge is 0.0738 e. The van der Waals surface area contributed by atoms with Gasteiger partial charge >= 0.3 is 0 Å². The van der Waals surface area contributed by atoms with Crippen LogP contribution in [0.1, 0.15) is 41.2 Å². The van der Waals surface area contributed by atoms with E-state index in [0.717, 1.165) is 29.6 Å². The Labute approximate surface area is 147 Å². The molecule has 0 saturated heterocycles. The summed E-state index contributed by atoms with van der Waals surface area (Å²) in [4.78, 5) is 1.37. The molecule has 2 aromatic rings. The number of aromatic nitrogens is 2. The zero-order valence-electron chi connectivity index (χ0n) is 12.8. The van der Waals surface area contributed by atoms with Gasteiger partial charge in [-0.05, 0) is 70.3 Å². The second-order valence-corrected chi connectivity index (χ2v) is 8.48. The topological polar surface area (TPSA) is 29.9 Å². The van der Waals surface area contributed by atoms with Gasteiger partial charge in [0.25, 0.3) is 0 Å². The highest BCUT2D eigenvalue weighted by molar-refractivity contribution is 9.11. The minimum absolute atomic E-state index is 0.325. The van der Waals surface area contributed by atoms with Gasteiger partial charge in [0.1, 0.15) is 0 Å². The fourth-order valence-electron chi connectivity index (χ4n) is 2.34.